The van der Waals surface area contributed by atoms with Crippen LogP contribution in [0.5, 0.6) is 5.75 Å². The molecule has 1 aromatic heterocycles. The minimum atomic E-state index is 0. The van der Waals surface area contributed by atoms with E-state index in [-0.39, 0.29) is 22.4 Å². The Kier molecular flexibility index (Phi) is 4.48. The van der Waals surface area contributed by atoms with E-state index < -0.39 is 0 Å². The van der Waals surface area contributed by atoms with Crippen LogP contribution in [-0.2, 0) is 35.2 Å². The zero-order valence-corrected chi connectivity index (χ0v) is 12.4. The molecule has 0 fully saturated rings. The second-order valence-corrected chi connectivity index (χ2v) is 4.33. The van der Waals surface area contributed by atoms with Gasteiger partial charge in [0.05, 0.1) is 0 Å². The predicted molar refractivity (Wildman–Crippen MR) is 71.7 cm³/mol. The summed E-state index contributed by atoms with van der Waals surface area (Å²) in [5, 5.41) is 10.8. The molecular weight excluding hydrogens is 421 g/mol. The van der Waals surface area contributed by atoms with Crippen LogP contribution in [0.4, 0.5) is 0 Å². The molecule has 0 unspecified atom stereocenters. The van der Waals surface area contributed by atoms with Gasteiger partial charge >= 0.3 is 0 Å². The smallest absolute Gasteiger partial charge is 0.166 e. The van der Waals surface area contributed by atoms with E-state index in [9.17, 15) is 5.11 Å². The van der Waals surface area contributed by atoms with Gasteiger partial charge in [-0.25, -0.2) is 0 Å². The average Bonchev–Trinajstić information content (AvgIpc) is 2.80. The Hall–Kier alpha value is -1.48. The van der Waals surface area contributed by atoms with Crippen molar-refractivity contribution in [2.24, 2.45) is 0 Å². The van der Waals surface area contributed by atoms with E-state index in [1.54, 1.807) is 6.07 Å². The molecular formula is C16H14AuO2. The SMILES string of the molecule is Oc1ccccc1CCc1[c-]c2ccccc2[oH+]1.[Au]. The molecule has 101 valence electrons. The number of para-hydroxylation sites is 2. The van der Waals surface area contributed by atoms with E-state index in [1.807, 2.05) is 42.5 Å². The number of fused-ring (bicyclic) bond motifs is 1. The second kappa shape index (κ2) is 6.11. The number of aryl methyl sites for hydroxylation is 2. The Morgan fingerprint density at radius 2 is 1.68 bits per heavy atom. The molecule has 3 heteroatoms. The van der Waals surface area contributed by atoms with E-state index in [2.05, 4.69) is 10.5 Å². The summed E-state index contributed by atoms with van der Waals surface area (Å²) in [4.78, 5) is 0. The fraction of sp³-hybridized carbons (Fsp3) is 0.125. The van der Waals surface area contributed by atoms with Crippen molar-refractivity contribution in [3.63, 3.8) is 0 Å². The Morgan fingerprint density at radius 1 is 0.947 bits per heavy atom. The first-order chi connectivity index (χ1) is 8.83. The topological polar surface area (TPSA) is 33.0 Å². The van der Waals surface area contributed by atoms with Crippen LogP contribution in [0.2, 0.25) is 0 Å². The van der Waals surface area contributed by atoms with E-state index in [0.717, 1.165) is 35.1 Å². The van der Waals surface area contributed by atoms with Crippen molar-refractivity contribution < 1.29 is 31.9 Å². The molecule has 0 amide bonds. The third kappa shape index (κ3) is 3.10. The molecule has 2 aromatic carbocycles. The number of hydrogen-bond acceptors (Lipinski definition) is 1. The van der Waals surface area contributed by atoms with E-state index >= 15 is 0 Å². The number of hydrogen-bond donors (Lipinski definition) is 1. The quantitative estimate of drug-likeness (QED) is 0.379. The minimum absolute atomic E-state index is 0. The molecule has 0 atom stereocenters. The van der Waals surface area contributed by atoms with Crippen LogP contribution < -0.4 is 0 Å². The summed E-state index contributed by atoms with van der Waals surface area (Å²) in [6.45, 7) is 0. The molecule has 0 spiro atoms. The number of benzene rings is 2. The second-order valence-electron chi connectivity index (χ2n) is 4.33. The Morgan fingerprint density at radius 3 is 2.47 bits per heavy atom. The molecule has 1 radical (unpaired) electrons. The average molecular weight is 435 g/mol. The van der Waals surface area contributed by atoms with Crippen LogP contribution in [0, 0.1) is 6.07 Å². The van der Waals surface area contributed by atoms with Crippen molar-refractivity contribution in [2.75, 3.05) is 0 Å². The first kappa shape index (κ1) is 13.9. The van der Waals surface area contributed by atoms with Crippen LogP contribution in [-0.4, -0.2) is 5.11 Å². The summed E-state index contributed by atoms with van der Waals surface area (Å²) in [5.41, 5.74) is 1.95. The molecule has 19 heavy (non-hydrogen) atoms. The molecule has 2 nitrogen and oxygen atoms in total. The van der Waals surface area contributed by atoms with Gasteiger partial charge in [0.25, 0.3) is 0 Å². The van der Waals surface area contributed by atoms with Gasteiger partial charge in [-0.2, -0.15) is 6.07 Å². The van der Waals surface area contributed by atoms with Crippen LogP contribution in [0.15, 0.2) is 52.9 Å². The molecule has 0 aliphatic heterocycles. The van der Waals surface area contributed by atoms with Crippen LogP contribution in [0.3, 0.4) is 0 Å². The van der Waals surface area contributed by atoms with Gasteiger partial charge in [-0.15, -0.1) is 6.07 Å². The van der Waals surface area contributed by atoms with Crippen LogP contribution in [0.1, 0.15) is 11.3 Å². The van der Waals surface area contributed by atoms with Crippen molar-refractivity contribution >= 4 is 11.0 Å². The van der Waals surface area contributed by atoms with E-state index in [1.165, 1.54) is 0 Å². The Labute approximate surface area is 127 Å². The van der Waals surface area contributed by atoms with Gasteiger partial charge in [0, 0.05) is 28.8 Å². The monoisotopic (exact) mass is 435 g/mol. The molecule has 0 saturated heterocycles. The largest absolute Gasteiger partial charge is 0.611 e. The molecule has 0 aliphatic rings. The zero-order valence-electron chi connectivity index (χ0n) is 10.2. The molecule has 3 rings (SSSR count). The maximum absolute atomic E-state index is 9.70. The molecule has 1 heterocycles. The first-order valence-corrected chi connectivity index (χ1v) is 6.03. The number of phenolic OH excluding ortho intramolecular Hbond substituents is 1. The third-order valence-corrected chi connectivity index (χ3v) is 3.06. The standard InChI is InChI=1S/C16H13O2.Au/c17-15-7-3-1-5-12(15)9-10-14-11-13-6-2-4-8-16(13)18-14;/h1-8,17H,9-10H2;/q-1;/p+1. The van der Waals surface area contributed by atoms with Gasteiger partial charge in [-0.3, -0.25) is 0 Å². The van der Waals surface area contributed by atoms with Crippen molar-refractivity contribution in [2.45, 2.75) is 12.8 Å². The van der Waals surface area contributed by atoms with Gasteiger partial charge in [-0.05, 0) is 24.1 Å². The van der Waals surface area contributed by atoms with Gasteiger partial charge in [0.2, 0.25) is 0 Å². The maximum atomic E-state index is 9.70. The van der Waals surface area contributed by atoms with Crippen molar-refractivity contribution in [1.82, 2.24) is 0 Å². The first-order valence-electron chi connectivity index (χ1n) is 6.03. The summed E-state index contributed by atoms with van der Waals surface area (Å²) >= 11 is 0. The molecule has 2 N–H and O–H groups in total. The number of furan rings is 1. The van der Waals surface area contributed by atoms with Gasteiger partial charge < -0.3 is 9.52 Å². The molecule has 0 bridgehead atoms. The van der Waals surface area contributed by atoms with Crippen molar-refractivity contribution in [3.8, 4) is 5.75 Å². The van der Waals surface area contributed by atoms with Crippen molar-refractivity contribution in [1.29, 1.82) is 0 Å². The summed E-state index contributed by atoms with van der Waals surface area (Å²) in [5.74, 6) is 1.31. The number of rotatable bonds is 3. The summed E-state index contributed by atoms with van der Waals surface area (Å²) < 4.78 is 4.52. The van der Waals surface area contributed by atoms with Crippen LogP contribution >= 0.6 is 0 Å². The normalized spacial score (nSPS) is 10.3. The number of phenols is 1. The summed E-state index contributed by atoms with van der Waals surface area (Å²) in [6, 6.07) is 18.7. The Bertz CT molecular complexity index is 640. The fourth-order valence-electron chi connectivity index (χ4n) is 2.10. The molecule has 0 aliphatic carbocycles. The van der Waals surface area contributed by atoms with Crippen molar-refractivity contribution in [3.05, 3.63) is 65.9 Å². The maximum Gasteiger partial charge on any atom is 0.166 e. The fourth-order valence-corrected chi connectivity index (χ4v) is 2.10. The summed E-state index contributed by atoms with van der Waals surface area (Å²) in [7, 11) is 0. The number of aromatic hydroxyl groups is 1. The summed E-state index contributed by atoms with van der Waals surface area (Å²) in [6.07, 6.45) is 1.58. The zero-order chi connectivity index (χ0) is 12.4. The molecule has 0 saturated carbocycles. The Balaban J connectivity index is 0.00000133. The predicted octanol–water partition coefficient (Wildman–Crippen LogP) is 3.83. The van der Waals surface area contributed by atoms with Gasteiger partial charge in [0.15, 0.2) is 11.3 Å². The van der Waals surface area contributed by atoms with Gasteiger partial charge in [-0.1, -0.05) is 35.7 Å². The third-order valence-electron chi connectivity index (χ3n) is 3.06. The van der Waals surface area contributed by atoms with E-state index in [0.29, 0.717) is 5.75 Å². The van der Waals surface area contributed by atoms with E-state index in [4.69, 9.17) is 0 Å². The van der Waals surface area contributed by atoms with Crippen LogP contribution in [0.25, 0.3) is 11.0 Å². The minimum Gasteiger partial charge on any atom is -0.611 e. The molecule has 3 aromatic rings. The van der Waals surface area contributed by atoms with Gasteiger partial charge in [0.1, 0.15) is 5.75 Å².